The lowest BCUT2D eigenvalue weighted by atomic mass is 10.0. The number of methoxy groups -OCH3 is 2. The summed E-state index contributed by atoms with van der Waals surface area (Å²) in [6.07, 6.45) is 2.15. The standard InChI is InChI=1S/C13H12O4/c1-15-11-5-3-4-10(13(11)16-2)9-6-7-17-12(9)8-14/h3-8H,1-2H3. The molecule has 88 valence electrons. The third-order valence-electron chi connectivity index (χ3n) is 2.50. The number of aldehydes is 1. The summed E-state index contributed by atoms with van der Waals surface area (Å²) in [5, 5.41) is 0. The molecule has 0 bridgehead atoms. The Labute approximate surface area is 98.8 Å². The van der Waals surface area contributed by atoms with Crippen molar-refractivity contribution in [1.29, 1.82) is 0 Å². The van der Waals surface area contributed by atoms with Crippen molar-refractivity contribution in [3.8, 4) is 22.6 Å². The summed E-state index contributed by atoms with van der Waals surface area (Å²) in [5.74, 6) is 1.47. The highest BCUT2D eigenvalue weighted by molar-refractivity contribution is 5.87. The van der Waals surface area contributed by atoms with Crippen molar-refractivity contribution in [2.75, 3.05) is 14.2 Å². The number of benzene rings is 1. The van der Waals surface area contributed by atoms with E-state index in [1.807, 2.05) is 12.1 Å². The van der Waals surface area contributed by atoms with Crippen molar-refractivity contribution in [3.63, 3.8) is 0 Å². The second-order valence-electron chi connectivity index (χ2n) is 3.36. The van der Waals surface area contributed by atoms with Crippen molar-refractivity contribution >= 4 is 6.29 Å². The normalized spacial score (nSPS) is 10.0. The molecule has 0 spiro atoms. The second kappa shape index (κ2) is 4.74. The van der Waals surface area contributed by atoms with Crippen LogP contribution < -0.4 is 9.47 Å². The predicted octanol–water partition coefficient (Wildman–Crippen LogP) is 2.78. The highest BCUT2D eigenvalue weighted by atomic mass is 16.5. The fourth-order valence-electron chi connectivity index (χ4n) is 1.73. The molecule has 2 rings (SSSR count). The van der Waals surface area contributed by atoms with Crippen LogP contribution in [0.15, 0.2) is 34.9 Å². The van der Waals surface area contributed by atoms with E-state index in [9.17, 15) is 4.79 Å². The first-order valence-electron chi connectivity index (χ1n) is 5.05. The van der Waals surface area contributed by atoms with Crippen molar-refractivity contribution in [3.05, 3.63) is 36.3 Å². The molecule has 0 amide bonds. The third-order valence-corrected chi connectivity index (χ3v) is 2.50. The summed E-state index contributed by atoms with van der Waals surface area (Å²) in [6.45, 7) is 0. The highest BCUT2D eigenvalue weighted by Gasteiger charge is 2.15. The van der Waals surface area contributed by atoms with Crippen LogP contribution in [-0.4, -0.2) is 20.5 Å². The van der Waals surface area contributed by atoms with Crippen molar-refractivity contribution in [1.82, 2.24) is 0 Å². The van der Waals surface area contributed by atoms with Crippen LogP contribution in [-0.2, 0) is 0 Å². The fraction of sp³-hybridized carbons (Fsp3) is 0.154. The zero-order valence-electron chi connectivity index (χ0n) is 9.60. The van der Waals surface area contributed by atoms with Gasteiger partial charge in [-0.2, -0.15) is 0 Å². The van der Waals surface area contributed by atoms with Gasteiger partial charge in [-0.3, -0.25) is 4.79 Å². The fourth-order valence-corrected chi connectivity index (χ4v) is 1.73. The Bertz CT molecular complexity index is 528. The van der Waals surface area contributed by atoms with Gasteiger partial charge in [0.1, 0.15) is 0 Å². The lowest BCUT2D eigenvalue weighted by molar-refractivity contribution is 0.110. The number of ether oxygens (including phenoxy) is 2. The summed E-state index contributed by atoms with van der Waals surface area (Å²) in [5.41, 5.74) is 1.46. The van der Waals surface area contributed by atoms with Crippen molar-refractivity contribution < 1.29 is 18.7 Å². The summed E-state index contributed by atoms with van der Waals surface area (Å²) in [4.78, 5) is 10.9. The monoisotopic (exact) mass is 232 g/mol. The van der Waals surface area contributed by atoms with Crippen LogP contribution in [0.4, 0.5) is 0 Å². The quantitative estimate of drug-likeness (QED) is 0.760. The Morgan fingerprint density at radius 3 is 2.59 bits per heavy atom. The van der Waals surface area contributed by atoms with Gasteiger partial charge in [-0.15, -0.1) is 0 Å². The Hall–Kier alpha value is -2.23. The van der Waals surface area contributed by atoms with Crippen LogP contribution in [0.1, 0.15) is 10.6 Å². The van der Waals surface area contributed by atoms with Gasteiger partial charge in [0.2, 0.25) is 0 Å². The topological polar surface area (TPSA) is 48.7 Å². The van der Waals surface area contributed by atoms with Crippen LogP contribution in [0.5, 0.6) is 11.5 Å². The van der Waals surface area contributed by atoms with Crippen LogP contribution >= 0.6 is 0 Å². The second-order valence-corrected chi connectivity index (χ2v) is 3.36. The molecule has 0 atom stereocenters. The Morgan fingerprint density at radius 1 is 1.12 bits per heavy atom. The van der Waals surface area contributed by atoms with E-state index in [2.05, 4.69) is 0 Å². The Morgan fingerprint density at radius 2 is 1.94 bits per heavy atom. The van der Waals surface area contributed by atoms with E-state index in [1.165, 1.54) is 6.26 Å². The van der Waals surface area contributed by atoms with E-state index >= 15 is 0 Å². The summed E-state index contributed by atoms with van der Waals surface area (Å²) in [7, 11) is 3.12. The van der Waals surface area contributed by atoms with Gasteiger partial charge in [-0.05, 0) is 12.1 Å². The predicted molar refractivity (Wildman–Crippen MR) is 62.6 cm³/mol. The molecule has 0 N–H and O–H groups in total. The summed E-state index contributed by atoms with van der Waals surface area (Å²) in [6, 6.07) is 7.20. The first-order chi connectivity index (χ1) is 8.31. The molecule has 4 heteroatoms. The van der Waals surface area contributed by atoms with Gasteiger partial charge in [-0.1, -0.05) is 12.1 Å². The number of hydrogen-bond acceptors (Lipinski definition) is 4. The minimum absolute atomic E-state index is 0.275. The molecule has 0 aliphatic rings. The molecule has 4 nitrogen and oxygen atoms in total. The highest BCUT2D eigenvalue weighted by Crippen LogP contribution is 2.39. The maximum Gasteiger partial charge on any atom is 0.185 e. The van der Waals surface area contributed by atoms with Crippen LogP contribution in [0.25, 0.3) is 11.1 Å². The molecule has 17 heavy (non-hydrogen) atoms. The largest absolute Gasteiger partial charge is 0.493 e. The molecule has 1 heterocycles. The molecule has 0 saturated carbocycles. The molecule has 1 aromatic heterocycles. The molecule has 0 aliphatic heterocycles. The number of carbonyl (C=O) groups is 1. The Balaban J connectivity index is 2.63. The van der Waals surface area contributed by atoms with Gasteiger partial charge in [0, 0.05) is 11.1 Å². The number of rotatable bonds is 4. The van der Waals surface area contributed by atoms with Crippen molar-refractivity contribution in [2.45, 2.75) is 0 Å². The molecule has 0 saturated heterocycles. The van der Waals surface area contributed by atoms with E-state index in [0.717, 1.165) is 5.56 Å². The minimum atomic E-state index is 0.275. The average Bonchev–Trinajstić information content (AvgIpc) is 2.85. The SMILES string of the molecule is COc1cccc(-c2ccoc2C=O)c1OC. The van der Waals surface area contributed by atoms with E-state index in [1.54, 1.807) is 26.4 Å². The van der Waals surface area contributed by atoms with Crippen LogP contribution in [0.3, 0.4) is 0 Å². The first kappa shape index (κ1) is 11.3. The number of hydrogen-bond donors (Lipinski definition) is 0. The summed E-state index contributed by atoms with van der Waals surface area (Å²) >= 11 is 0. The Kier molecular flexibility index (Phi) is 3.14. The maximum absolute atomic E-state index is 10.9. The third kappa shape index (κ3) is 1.89. The van der Waals surface area contributed by atoms with E-state index in [0.29, 0.717) is 23.3 Å². The minimum Gasteiger partial charge on any atom is -0.493 e. The molecule has 0 unspecified atom stereocenters. The number of para-hydroxylation sites is 1. The molecular weight excluding hydrogens is 220 g/mol. The molecule has 2 aromatic rings. The van der Waals surface area contributed by atoms with Crippen LogP contribution in [0.2, 0.25) is 0 Å². The van der Waals surface area contributed by atoms with Gasteiger partial charge in [0.15, 0.2) is 23.5 Å². The van der Waals surface area contributed by atoms with Gasteiger partial charge < -0.3 is 13.9 Å². The molecular formula is C13H12O4. The van der Waals surface area contributed by atoms with Gasteiger partial charge >= 0.3 is 0 Å². The van der Waals surface area contributed by atoms with E-state index in [-0.39, 0.29) is 5.76 Å². The van der Waals surface area contributed by atoms with Crippen LogP contribution in [0, 0.1) is 0 Å². The number of furan rings is 1. The van der Waals surface area contributed by atoms with Gasteiger partial charge in [0.05, 0.1) is 20.5 Å². The summed E-state index contributed by atoms with van der Waals surface area (Å²) < 4.78 is 15.6. The number of carbonyl (C=O) groups excluding carboxylic acids is 1. The van der Waals surface area contributed by atoms with E-state index in [4.69, 9.17) is 13.9 Å². The average molecular weight is 232 g/mol. The maximum atomic E-state index is 10.9. The zero-order chi connectivity index (χ0) is 12.3. The lowest BCUT2D eigenvalue weighted by Crippen LogP contribution is -1.93. The molecule has 1 aromatic carbocycles. The van der Waals surface area contributed by atoms with Gasteiger partial charge in [0.25, 0.3) is 0 Å². The first-order valence-corrected chi connectivity index (χ1v) is 5.05. The smallest absolute Gasteiger partial charge is 0.185 e. The lowest BCUT2D eigenvalue weighted by Gasteiger charge is -2.11. The van der Waals surface area contributed by atoms with Crippen molar-refractivity contribution in [2.24, 2.45) is 0 Å². The molecule has 0 aliphatic carbocycles. The van der Waals surface area contributed by atoms with Gasteiger partial charge in [-0.25, -0.2) is 0 Å². The van der Waals surface area contributed by atoms with E-state index < -0.39 is 0 Å². The molecule has 0 radical (unpaired) electrons. The zero-order valence-corrected chi connectivity index (χ0v) is 9.60. The molecule has 0 fully saturated rings.